The fraction of sp³-hybridized carbons (Fsp3) is 0.513. The Morgan fingerprint density at radius 3 is 2.54 bits per heavy atom. The van der Waals surface area contributed by atoms with E-state index in [9.17, 15) is 4.79 Å². The maximum atomic E-state index is 12.9. The van der Waals surface area contributed by atoms with Crippen molar-refractivity contribution in [2.45, 2.75) is 98.3 Å². The zero-order valence-corrected chi connectivity index (χ0v) is 32.3. The summed E-state index contributed by atoms with van der Waals surface area (Å²) < 4.78 is 13.7. The second-order valence-corrected chi connectivity index (χ2v) is 15.6. The standard InChI is InChI=1S/C39H53N9O4/c1-11-12-13-15-28-26-20-30(33(50-10)21-32(26)48(44-28)52-39(6,7)8)42-35-27(22-40-24-41-35)36-43-29-16-14-17-31(34(29)45(36)9)46-18-19-47(25(2)23-46)37(49)51-38(3,4)5/h14,16-17,20-22,24-25H,11-13,15,18-19,23H2,1-10H3,(H,40,41,42)/t25-/m0/s1. The molecule has 13 nitrogen and oxygen atoms in total. The molecule has 4 heterocycles. The van der Waals surface area contributed by atoms with Crippen LogP contribution in [-0.4, -0.2) is 84.4 Å². The first-order valence-corrected chi connectivity index (χ1v) is 18.2. The van der Waals surface area contributed by atoms with Crippen molar-refractivity contribution in [2.24, 2.45) is 7.05 Å². The van der Waals surface area contributed by atoms with Gasteiger partial charge in [-0.2, -0.15) is 0 Å². The molecule has 0 unspecified atom stereocenters. The summed E-state index contributed by atoms with van der Waals surface area (Å²) in [7, 11) is 3.67. The number of ether oxygens (including phenoxy) is 2. The van der Waals surface area contributed by atoms with Crippen LogP contribution in [0, 0.1) is 0 Å². The van der Waals surface area contributed by atoms with E-state index >= 15 is 0 Å². The minimum absolute atomic E-state index is 0.0310. The van der Waals surface area contributed by atoms with Crippen LogP contribution in [0.15, 0.2) is 42.9 Å². The van der Waals surface area contributed by atoms with Crippen LogP contribution in [0.2, 0.25) is 0 Å². The number of methoxy groups -OCH3 is 1. The van der Waals surface area contributed by atoms with Crippen molar-refractivity contribution in [3.8, 4) is 17.1 Å². The number of benzene rings is 2. The van der Waals surface area contributed by atoms with Crippen LogP contribution >= 0.6 is 0 Å². The Bertz CT molecular complexity index is 2060. The maximum Gasteiger partial charge on any atom is 0.410 e. The molecule has 2 aromatic carbocycles. The maximum absolute atomic E-state index is 12.9. The van der Waals surface area contributed by atoms with Crippen molar-refractivity contribution in [1.82, 2.24) is 34.4 Å². The van der Waals surface area contributed by atoms with Crippen LogP contribution in [-0.2, 0) is 18.2 Å². The lowest BCUT2D eigenvalue weighted by Crippen LogP contribution is -2.55. The van der Waals surface area contributed by atoms with Gasteiger partial charge in [0.25, 0.3) is 0 Å². The summed E-state index contributed by atoms with van der Waals surface area (Å²) in [5, 5.41) is 9.44. The van der Waals surface area contributed by atoms with Gasteiger partial charge >= 0.3 is 6.09 Å². The Kier molecular flexibility index (Phi) is 10.2. The van der Waals surface area contributed by atoms with E-state index in [-0.39, 0.29) is 12.1 Å². The monoisotopic (exact) mass is 711 g/mol. The van der Waals surface area contributed by atoms with Gasteiger partial charge in [-0.05, 0) is 79.5 Å². The minimum Gasteiger partial charge on any atom is -0.494 e. The summed E-state index contributed by atoms with van der Waals surface area (Å²) in [4.78, 5) is 39.1. The molecule has 6 rings (SSSR count). The topological polar surface area (TPSA) is 125 Å². The molecule has 0 spiro atoms. The van der Waals surface area contributed by atoms with Crippen molar-refractivity contribution in [3.05, 3.63) is 48.5 Å². The second-order valence-electron chi connectivity index (χ2n) is 15.6. The molecular formula is C39H53N9O4. The fourth-order valence-corrected chi connectivity index (χ4v) is 6.73. The number of nitrogens with one attached hydrogen (secondary N) is 1. The van der Waals surface area contributed by atoms with E-state index in [4.69, 9.17) is 24.4 Å². The van der Waals surface area contributed by atoms with E-state index in [2.05, 4.69) is 50.7 Å². The molecule has 1 amide bonds. The number of unbranched alkanes of at least 4 members (excludes halogenated alkanes) is 2. The van der Waals surface area contributed by atoms with Crippen molar-refractivity contribution in [2.75, 3.05) is 37.0 Å². The van der Waals surface area contributed by atoms with E-state index in [1.165, 1.54) is 6.33 Å². The van der Waals surface area contributed by atoms with Gasteiger partial charge in [-0.1, -0.05) is 30.7 Å². The number of amides is 1. The lowest BCUT2D eigenvalue weighted by Gasteiger charge is -2.41. The molecule has 13 heteroatoms. The molecule has 1 fully saturated rings. The second kappa shape index (κ2) is 14.5. The number of carbonyl (C=O) groups is 1. The third-order valence-electron chi connectivity index (χ3n) is 9.10. The van der Waals surface area contributed by atoms with E-state index in [0.717, 1.165) is 76.1 Å². The summed E-state index contributed by atoms with van der Waals surface area (Å²) in [6, 6.07) is 10.2. The molecular weight excluding hydrogens is 658 g/mol. The Morgan fingerprint density at radius 2 is 1.85 bits per heavy atom. The normalized spacial score (nSPS) is 15.4. The van der Waals surface area contributed by atoms with Gasteiger partial charge in [0.05, 0.1) is 40.8 Å². The molecule has 1 aliphatic rings. The Balaban J connectivity index is 1.34. The predicted molar refractivity (Wildman–Crippen MR) is 205 cm³/mol. The Labute approximate surface area is 306 Å². The zero-order chi connectivity index (χ0) is 37.4. The number of nitrogens with zero attached hydrogens (tertiary/aromatic N) is 8. The molecule has 3 aromatic heterocycles. The molecule has 0 radical (unpaired) electrons. The summed E-state index contributed by atoms with van der Waals surface area (Å²) in [6.45, 7) is 17.9. The van der Waals surface area contributed by atoms with Gasteiger partial charge in [-0.3, -0.25) is 0 Å². The number of rotatable bonds is 10. The van der Waals surface area contributed by atoms with Crippen LogP contribution in [0.4, 0.5) is 22.0 Å². The third kappa shape index (κ3) is 7.73. The Morgan fingerprint density at radius 1 is 1.06 bits per heavy atom. The highest BCUT2D eigenvalue weighted by molar-refractivity contribution is 5.94. The van der Waals surface area contributed by atoms with Crippen molar-refractivity contribution in [1.29, 1.82) is 0 Å². The average molecular weight is 712 g/mol. The number of hydrogen-bond donors (Lipinski definition) is 1. The van der Waals surface area contributed by atoms with E-state index in [0.29, 0.717) is 31.2 Å². The lowest BCUT2D eigenvalue weighted by atomic mass is 10.1. The number of fused-ring (bicyclic) bond motifs is 2. The first-order valence-electron chi connectivity index (χ1n) is 18.2. The van der Waals surface area contributed by atoms with Gasteiger partial charge in [0.1, 0.15) is 40.4 Å². The molecule has 1 aliphatic heterocycles. The van der Waals surface area contributed by atoms with Gasteiger partial charge in [-0.25, -0.2) is 19.7 Å². The lowest BCUT2D eigenvalue weighted by molar-refractivity contribution is -0.0274. The molecule has 278 valence electrons. The minimum atomic E-state index is -0.543. The van der Waals surface area contributed by atoms with E-state index < -0.39 is 11.2 Å². The van der Waals surface area contributed by atoms with Crippen molar-refractivity contribution < 1.29 is 19.1 Å². The first kappa shape index (κ1) is 36.7. The number of para-hydroxylation sites is 1. The van der Waals surface area contributed by atoms with Gasteiger partial charge in [0, 0.05) is 50.4 Å². The molecule has 1 N–H and O–H groups in total. The summed E-state index contributed by atoms with van der Waals surface area (Å²) in [5.74, 6) is 1.94. The van der Waals surface area contributed by atoms with Gasteiger partial charge in [0.15, 0.2) is 0 Å². The average Bonchev–Trinajstić information content (AvgIpc) is 3.58. The van der Waals surface area contributed by atoms with Gasteiger partial charge in [-0.15, -0.1) is 5.10 Å². The molecule has 1 atom stereocenters. The van der Waals surface area contributed by atoms with Crippen molar-refractivity contribution in [3.63, 3.8) is 0 Å². The first-order chi connectivity index (χ1) is 24.7. The molecule has 0 aliphatic carbocycles. The fourth-order valence-electron chi connectivity index (χ4n) is 6.73. The number of piperazine rings is 1. The molecule has 0 bridgehead atoms. The third-order valence-corrected chi connectivity index (χ3v) is 9.10. The largest absolute Gasteiger partial charge is 0.494 e. The summed E-state index contributed by atoms with van der Waals surface area (Å²) in [6.07, 6.45) is 7.17. The van der Waals surface area contributed by atoms with Crippen LogP contribution in [0.25, 0.3) is 33.3 Å². The predicted octanol–water partition coefficient (Wildman–Crippen LogP) is 7.54. The zero-order valence-electron chi connectivity index (χ0n) is 32.3. The van der Waals surface area contributed by atoms with Crippen LogP contribution in [0.5, 0.6) is 5.75 Å². The number of aromatic nitrogens is 6. The quantitative estimate of drug-likeness (QED) is 0.145. The van der Waals surface area contributed by atoms with E-state index in [1.807, 2.05) is 71.7 Å². The molecule has 52 heavy (non-hydrogen) atoms. The van der Waals surface area contributed by atoms with E-state index in [1.54, 1.807) is 18.2 Å². The summed E-state index contributed by atoms with van der Waals surface area (Å²) >= 11 is 0. The van der Waals surface area contributed by atoms with Crippen LogP contribution in [0.3, 0.4) is 0 Å². The summed E-state index contributed by atoms with van der Waals surface area (Å²) in [5.41, 5.74) is 5.24. The molecule has 5 aromatic rings. The van der Waals surface area contributed by atoms with Crippen molar-refractivity contribution >= 4 is 45.2 Å². The highest BCUT2D eigenvalue weighted by Gasteiger charge is 2.32. The van der Waals surface area contributed by atoms with Crippen LogP contribution in [0.1, 0.15) is 80.3 Å². The smallest absolute Gasteiger partial charge is 0.410 e. The SMILES string of the molecule is CCCCCc1nn(OC(C)(C)C)c2cc(OC)c(Nc3ncncc3-c3nc4cccc(N5CCN(C(=O)OC(C)(C)C)[C@@H](C)C5)c4n3C)cc12. The molecule has 1 saturated heterocycles. The molecule has 0 saturated carbocycles. The number of anilines is 3. The number of aryl methyl sites for hydroxylation is 2. The Hall–Kier alpha value is -5.07. The number of hydrogen-bond acceptors (Lipinski definition) is 10. The van der Waals surface area contributed by atoms with Gasteiger partial charge in [0.2, 0.25) is 0 Å². The van der Waals surface area contributed by atoms with Crippen LogP contribution < -0.4 is 19.8 Å². The van der Waals surface area contributed by atoms with Gasteiger partial charge < -0.3 is 34.0 Å². The number of carbonyl (C=O) groups excluding carboxylic acids is 1. The number of imidazole rings is 1. The highest BCUT2D eigenvalue weighted by atomic mass is 16.7. The highest BCUT2D eigenvalue weighted by Crippen LogP contribution is 2.38.